The average molecular weight is 323 g/mol. The van der Waals surface area contributed by atoms with E-state index in [-0.39, 0.29) is 23.7 Å². The molecule has 1 unspecified atom stereocenters. The molecule has 0 bridgehead atoms. The van der Waals surface area contributed by atoms with Crippen LogP contribution in [-0.4, -0.2) is 26.5 Å². The Labute approximate surface area is 126 Å². The molecule has 0 heterocycles. The van der Waals surface area contributed by atoms with Crippen molar-refractivity contribution in [3.63, 3.8) is 0 Å². The normalized spacial score (nSPS) is 18.0. The molecule has 8 heteroatoms. The highest BCUT2D eigenvalue weighted by molar-refractivity contribution is 7.49. The van der Waals surface area contributed by atoms with Gasteiger partial charge in [0.1, 0.15) is 11.5 Å². The van der Waals surface area contributed by atoms with Gasteiger partial charge in [0, 0.05) is 18.2 Å². The van der Waals surface area contributed by atoms with Crippen molar-refractivity contribution in [2.45, 2.75) is 6.42 Å². The average Bonchev–Trinajstić information content (AvgIpc) is 2.39. The molecular weight excluding hydrogens is 309 g/mol. The fourth-order valence-electron chi connectivity index (χ4n) is 2.06. The molecule has 7 nitrogen and oxygen atoms in total. The van der Waals surface area contributed by atoms with Crippen molar-refractivity contribution in [3.8, 4) is 5.75 Å². The Balaban J connectivity index is 2.17. The molecular formula is C14H14NO6P. The van der Waals surface area contributed by atoms with Crippen molar-refractivity contribution in [2.24, 2.45) is 5.92 Å². The van der Waals surface area contributed by atoms with Crippen molar-refractivity contribution in [1.82, 2.24) is 5.09 Å². The maximum absolute atomic E-state index is 12.3. The Morgan fingerprint density at radius 1 is 1.23 bits per heavy atom. The van der Waals surface area contributed by atoms with Crippen LogP contribution in [-0.2, 0) is 20.6 Å². The van der Waals surface area contributed by atoms with Crippen LogP contribution in [0.2, 0.25) is 0 Å². The zero-order valence-electron chi connectivity index (χ0n) is 11.3. The lowest BCUT2D eigenvalue weighted by Gasteiger charge is -2.20. The predicted octanol–water partition coefficient (Wildman–Crippen LogP) is 0.825. The Kier molecular flexibility index (Phi) is 4.61. The number of rotatable bonds is 5. The smallest absolute Gasteiger partial charge is 0.427 e. The van der Waals surface area contributed by atoms with Crippen LogP contribution in [0.15, 0.2) is 48.2 Å². The summed E-state index contributed by atoms with van der Waals surface area (Å²) in [6.07, 6.45) is 3.50. The molecule has 2 rings (SSSR count). The largest absolute Gasteiger partial charge is 0.508 e. The van der Waals surface area contributed by atoms with E-state index in [0.717, 1.165) is 6.08 Å². The van der Waals surface area contributed by atoms with Crippen LogP contribution < -0.4 is 5.09 Å². The molecule has 0 aliphatic heterocycles. The highest BCUT2D eigenvalue weighted by Gasteiger charge is 2.28. The third-order valence-corrected chi connectivity index (χ3v) is 3.57. The second-order valence-electron chi connectivity index (χ2n) is 4.80. The van der Waals surface area contributed by atoms with E-state index in [1.807, 2.05) is 5.09 Å². The van der Waals surface area contributed by atoms with Gasteiger partial charge in [-0.1, -0.05) is 18.2 Å². The summed E-state index contributed by atoms with van der Waals surface area (Å²) < 4.78 is 11.0. The quantitative estimate of drug-likeness (QED) is 0.591. The number of carbonyl (C=O) groups excluding carboxylic acids is 2. The van der Waals surface area contributed by atoms with Gasteiger partial charge >= 0.3 is 7.75 Å². The first-order chi connectivity index (χ1) is 10.2. The summed E-state index contributed by atoms with van der Waals surface area (Å²) in [6.45, 7) is 0. The van der Waals surface area contributed by atoms with Crippen LogP contribution in [0.5, 0.6) is 5.75 Å². The highest BCUT2D eigenvalue weighted by atomic mass is 31.2. The number of nitrogens with one attached hydrogen (secondary N) is 1. The van der Waals surface area contributed by atoms with E-state index >= 15 is 0 Å². The number of hydrogen-bond donors (Lipinski definition) is 4. The molecule has 4 N–H and O–H groups in total. The monoisotopic (exact) mass is 323 g/mol. The summed E-state index contributed by atoms with van der Waals surface area (Å²) in [5.41, 5.74) is 0.522. The molecule has 1 aromatic rings. The zero-order valence-corrected chi connectivity index (χ0v) is 12.2. The van der Waals surface area contributed by atoms with Crippen LogP contribution in [0.4, 0.5) is 0 Å². The number of benzene rings is 1. The van der Waals surface area contributed by atoms with Crippen LogP contribution in [0, 0.1) is 5.92 Å². The molecule has 0 aromatic heterocycles. The first-order valence-electron chi connectivity index (χ1n) is 6.33. The fraction of sp³-hybridized carbons (Fsp3) is 0.143. The molecule has 0 spiro atoms. The van der Waals surface area contributed by atoms with Gasteiger partial charge in [-0.25, -0.2) is 4.57 Å². The first kappa shape index (κ1) is 16.2. The Morgan fingerprint density at radius 3 is 2.45 bits per heavy atom. The van der Waals surface area contributed by atoms with Gasteiger partial charge in [-0.2, -0.15) is 0 Å². The van der Waals surface area contributed by atoms with Crippen LogP contribution in [0.1, 0.15) is 5.56 Å². The van der Waals surface area contributed by atoms with E-state index in [1.165, 1.54) is 24.3 Å². The summed E-state index contributed by atoms with van der Waals surface area (Å²) in [5.74, 6) is -1.64. The number of phenolic OH excluding ortho intramolecular Hbond substituents is 1. The molecule has 0 saturated carbocycles. The van der Waals surface area contributed by atoms with Gasteiger partial charge < -0.3 is 14.9 Å². The Hall–Kier alpha value is -2.21. The number of allylic oxidation sites excluding steroid dienone is 3. The van der Waals surface area contributed by atoms with Crippen molar-refractivity contribution >= 4 is 19.3 Å². The van der Waals surface area contributed by atoms with E-state index in [9.17, 15) is 19.3 Å². The van der Waals surface area contributed by atoms with Crippen molar-refractivity contribution in [2.75, 3.05) is 0 Å². The molecule has 116 valence electrons. The molecule has 1 aliphatic carbocycles. The minimum Gasteiger partial charge on any atom is -0.508 e. The molecule has 0 amide bonds. The second-order valence-corrected chi connectivity index (χ2v) is 6.12. The van der Waals surface area contributed by atoms with Crippen molar-refractivity contribution < 1.29 is 29.0 Å². The minimum atomic E-state index is -4.62. The Bertz CT molecular complexity index is 701. The molecule has 1 atom stereocenters. The fourth-order valence-corrected chi connectivity index (χ4v) is 2.60. The molecule has 0 radical (unpaired) electrons. The maximum atomic E-state index is 12.3. The lowest BCUT2D eigenvalue weighted by Crippen LogP contribution is -2.27. The summed E-state index contributed by atoms with van der Waals surface area (Å²) in [6, 6.07) is 6.02. The summed E-state index contributed by atoms with van der Waals surface area (Å²) in [5, 5.41) is 11.1. The number of carbonyl (C=O) groups is 2. The van der Waals surface area contributed by atoms with Gasteiger partial charge in [0.05, 0.1) is 5.92 Å². The van der Waals surface area contributed by atoms with Crippen LogP contribution >= 0.6 is 7.75 Å². The van der Waals surface area contributed by atoms with Gasteiger partial charge in [-0.3, -0.25) is 14.7 Å². The summed E-state index contributed by atoms with van der Waals surface area (Å²) in [4.78, 5) is 41.5. The van der Waals surface area contributed by atoms with E-state index in [4.69, 9.17) is 9.79 Å². The SMILES string of the molecule is O=C1C=CC(C(=O)Cc2ccc(O)cc2)C(NP(=O)(O)O)=C1. The Morgan fingerprint density at radius 2 is 1.86 bits per heavy atom. The maximum Gasteiger partial charge on any atom is 0.427 e. The summed E-state index contributed by atoms with van der Waals surface area (Å²) in [7, 11) is -4.62. The molecule has 1 aliphatic rings. The number of hydrogen-bond acceptors (Lipinski definition) is 4. The van der Waals surface area contributed by atoms with Gasteiger partial charge in [-0.15, -0.1) is 0 Å². The van der Waals surface area contributed by atoms with Gasteiger partial charge in [0.2, 0.25) is 0 Å². The number of aromatic hydroxyl groups is 1. The summed E-state index contributed by atoms with van der Waals surface area (Å²) >= 11 is 0. The third kappa shape index (κ3) is 4.39. The number of Topliss-reactive ketones (excluding diaryl/α,β-unsaturated/α-hetero) is 1. The second kappa shape index (κ2) is 6.27. The van der Waals surface area contributed by atoms with E-state index in [1.54, 1.807) is 12.1 Å². The van der Waals surface area contributed by atoms with Gasteiger partial charge in [0.15, 0.2) is 5.78 Å². The van der Waals surface area contributed by atoms with E-state index in [0.29, 0.717) is 5.56 Å². The highest BCUT2D eigenvalue weighted by Crippen LogP contribution is 2.33. The standard InChI is InChI=1S/C14H14NO6P/c16-10-3-1-9(2-4-10)7-14(18)12-6-5-11(17)8-13(12)15-22(19,20)21/h1-6,8,12,16H,7H2,(H3,15,19,20,21). The van der Waals surface area contributed by atoms with Crippen LogP contribution in [0.25, 0.3) is 0 Å². The van der Waals surface area contributed by atoms with Gasteiger partial charge in [-0.05, 0) is 23.8 Å². The lowest BCUT2D eigenvalue weighted by atomic mass is 9.91. The van der Waals surface area contributed by atoms with E-state index in [2.05, 4.69) is 0 Å². The predicted molar refractivity (Wildman–Crippen MR) is 77.7 cm³/mol. The van der Waals surface area contributed by atoms with Crippen LogP contribution in [0.3, 0.4) is 0 Å². The minimum absolute atomic E-state index is 0.00363. The number of ketones is 2. The number of phenols is 1. The molecule has 1 aromatic carbocycles. The van der Waals surface area contributed by atoms with Gasteiger partial charge in [0.25, 0.3) is 0 Å². The molecule has 22 heavy (non-hydrogen) atoms. The first-order valence-corrected chi connectivity index (χ1v) is 7.94. The molecule has 0 fully saturated rings. The lowest BCUT2D eigenvalue weighted by molar-refractivity contribution is -0.120. The van der Waals surface area contributed by atoms with Crippen molar-refractivity contribution in [3.05, 3.63) is 53.8 Å². The topological polar surface area (TPSA) is 124 Å². The molecule has 0 saturated heterocycles. The van der Waals surface area contributed by atoms with E-state index < -0.39 is 19.4 Å². The third-order valence-electron chi connectivity index (χ3n) is 3.02. The zero-order chi connectivity index (χ0) is 16.3. The van der Waals surface area contributed by atoms with Crippen molar-refractivity contribution in [1.29, 1.82) is 0 Å².